The topological polar surface area (TPSA) is 72.7 Å². The summed E-state index contributed by atoms with van der Waals surface area (Å²) in [6.07, 6.45) is -3.95. The first-order valence-corrected chi connectivity index (χ1v) is 8.92. The Bertz CT molecular complexity index is 983. The Morgan fingerprint density at radius 1 is 1.30 bits per heavy atom. The Labute approximate surface area is 161 Å². The maximum absolute atomic E-state index is 13.6. The van der Waals surface area contributed by atoms with Gasteiger partial charge in [-0.05, 0) is 18.2 Å². The minimum Gasteiger partial charge on any atom is -0.296 e. The number of benzene rings is 1. The van der Waals surface area contributed by atoms with Crippen molar-refractivity contribution in [2.45, 2.75) is 25.9 Å². The zero-order chi connectivity index (χ0) is 19.8. The van der Waals surface area contributed by atoms with Crippen LogP contribution in [0.4, 0.5) is 18.3 Å². The standard InChI is InChI=1S/C16H13ClF3N5OS/c1-8(2)14-23-24-15(27-14)22-13(26)11-7-21-25(12(11)16(18,19)20)10-5-3-4-9(17)6-10/h3-8H,1-2H3,(H,22,24,26). The van der Waals surface area contributed by atoms with Gasteiger partial charge in [-0.1, -0.05) is 42.9 Å². The Morgan fingerprint density at radius 3 is 2.63 bits per heavy atom. The molecule has 0 fully saturated rings. The molecule has 3 rings (SSSR count). The van der Waals surface area contributed by atoms with E-state index in [1.165, 1.54) is 24.3 Å². The van der Waals surface area contributed by atoms with Gasteiger partial charge >= 0.3 is 6.18 Å². The van der Waals surface area contributed by atoms with Crippen molar-refractivity contribution in [3.63, 3.8) is 0 Å². The Kier molecular flexibility index (Phi) is 5.20. The molecule has 11 heteroatoms. The molecular formula is C16H13ClF3N5OS. The van der Waals surface area contributed by atoms with Gasteiger partial charge in [0.05, 0.1) is 17.4 Å². The highest BCUT2D eigenvalue weighted by atomic mass is 35.5. The summed E-state index contributed by atoms with van der Waals surface area (Å²) in [5.41, 5.74) is -1.73. The molecule has 1 aromatic carbocycles. The van der Waals surface area contributed by atoms with Crippen molar-refractivity contribution in [1.29, 1.82) is 0 Å². The molecule has 0 saturated carbocycles. The third-order valence-corrected chi connectivity index (χ3v) is 4.86. The van der Waals surface area contributed by atoms with Crippen LogP contribution in [0.5, 0.6) is 0 Å². The molecule has 142 valence electrons. The third kappa shape index (κ3) is 4.11. The summed E-state index contributed by atoms with van der Waals surface area (Å²) in [6.45, 7) is 3.78. The first kappa shape index (κ1) is 19.3. The van der Waals surface area contributed by atoms with E-state index in [2.05, 4.69) is 20.6 Å². The van der Waals surface area contributed by atoms with E-state index >= 15 is 0 Å². The zero-order valence-electron chi connectivity index (χ0n) is 14.1. The number of aromatic nitrogens is 4. The van der Waals surface area contributed by atoms with Crippen LogP contribution in [0.25, 0.3) is 5.69 Å². The van der Waals surface area contributed by atoms with Crippen LogP contribution in [0, 0.1) is 0 Å². The summed E-state index contributed by atoms with van der Waals surface area (Å²) >= 11 is 6.95. The highest BCUT2D eigenvalue weighted by Crippen LogP contribution is 2.34. The summed E-state index contributed by atoms with van der Waals surface area (Å²) in [4.78, 5) is 12.4. The van der Waals surface area contributed by atoms with Crippen LogP contribution in [0.1, 0.15) is 40.8 Å². The van der Waals surface area contributed by atoms with E-state index in [-0.39, 0.29) is 21.8 Å². The highest BCUT2D eigenvalue weighted by molar-refractivity contribution is 7.15. The summed E-state index contributed by atoms with van der Waals surface area (Å²) < 4.78 is 41.6. The van der Waals surface area contributed by atoms with E-state index < -0.39 is 23.3 Å². The van der Waals surface area contributed by atoms with Crippen LogP contribution < -0.4 is 5.32 Å². The van der Waals surface area contributed by atoms with E-state index in [9.17, 15) is 18.0 Å². The number of amides is 1. The van der Waals surface area contributed by atoms with Gasteiger partial charge in [-0.3, -0.25) is 10.1 Å². The molecule has 0 spiro atoms. The zero-order valence-corrected chi connectivity index (χ0v) is 15.7. The van der Waals surface area contributed by atoms with Crippen LogP contribution in [0.3, 0.4) is 0 Å². The van der Waals surface area contributed by atoms with Crippen molar-refractivity contribution >= 4 is 34.0 Å². The number of carbonyl (C=O) groups is 1. The largest absolute Gasteiger partial charge is 0.434 e. The molecule has 0 aliphatic carbocycles. The van der Waals surface area contributed by atoms with E-state index in [1.807, 2.05) is 13.8 Å². The van der Waals surface area contributed by atoms with Crippen molar-refractivity contribution in [2.75, 3.05) is 5.32 Å². The Morgan fingerprint density at radius 2 is 2.04 bits per heavy atom. The van der Waals surface area contributed by atoms with E-state index in [0.717, 1.165) is 17.5 Å². The second kappa shape index (κ2) is 7.28. The van der Waals surface area contributed by atoms with Gasteiger partial charge in [-0.15, -0.1) is 10.2 Å². The molecule has 3 aromatic rings. The number of nitrogens with zero attached hydrogens (tertiary/aromatic N) is 4. The molecule has 0 aliphatic rings. The van der Waals surface area contributed by atoms with Crippen LogP contribution in [0.15, 0.2) is 30.5 Å². The fourth-order valence-electron chi connectivity index (χ4n) is 2.27. The molecule has 6 nitrogen and oxygen atoms in total. The number of alkyl halides is 3. The molecule has 0 saturated heterocycles. The van der Waals surface area contributed by atoms with Crippen LogP contribution >= 0.6 is 22.9 Å². The number of nitrogens with one attached hydrogen (secondary N) is 1. The van der Waals surface area contributed by atoms with Crippen LogP contribution in [-0.4, -0.2) is 25.9 Å². The predicted octanol–water partition coefficient (Wildman–Crippen LogP) is 4.77. The van der Waals surface area contributed by atoms with Crippen molar-refractivity contribution in [3.05, 3.63) is 51.7 Å². The first-order chi connectivity index (χ1) is 12.7. The van der Waals surface area contributed by atoms with E-state index in [0.29, 0.717) is 9.69 Å². The number of hydrogen-bond acceptors (Lipinski definition) is 5. The molecule has 1 N–H and O–H groups in total. The molecule has 0 atom stereocenters. The van der Waals surface area contributed by atoms with Crippen LogP contribution in [-0.2, 0) is 6.18 Å². The van der Waals surface area contributed by atoms with Gasteiger partial charge in [-0.25, -0.2) is 4.68 Å². The number of halogens is 4. The monoisotopic (exact) mass is 415 g/mol. The molecule has 1 amide bonds. The average Bonchev–Trinajstić information content (AvgIpc) is 3.21. The van der Waals surface area contributed by atoms with Gasteiger partial charge in [0.25, 0.3) is 5.91 Å². The fourth-order valence-corrected chi connectivity index (χ4v) is 3.20. The maximum Gasteiger partial charge on any atom is 0.434 e. The van der Waals surface area contributed by atoms with E-state index in [4.69, 9.17) is 11.6 Å². The second-order valence-electron chi connectivity index (χ2n) is 5.85. The number of anilines is 1. The van der Waals surface area contributed by atoms with Crippen molar-refractivity contribution in [2.24, 2.45) is 0 Å². The predicted molar refractivity (Wildman–Crippen MR) is 95.5 cm³/mol. The summed E-state index contributed by atoms with van der Waals surface area (Å²) in [5.74, 6) is -0.883. The number of hydrogen-bond donors (Lipinski definition) is 1. The lowest BCUT2D eigenvalue weighted by Crippen LogP contribution is -2.20. The first-order valence-electron chi connectivity index (χ1n) is 7.72. The van der Waals surface area contributed by atoms with Crippen molar-refractivity contribution < 1.29 is 18.0 Å². The maximum atomic E-state index is 13.6. The normalized spacial score (nSPS) is 11.8. The second-order valence-corrected chi connectivity index (χ2v) is 7.30. The lowest BCUT2D eigenvalue weighted by Gasteiger charge is -2.12. The van der Waals surface area contributed by atoms with Gasteiger partial charge < -0.3 is 0 Å². The average molecular weight is 416 g/mol. The minimum atomic E-state index is -4.81. The third-order valence-electron chi connectivity index (χ3n) is 3.49. The number of carbonyl (C=O) groups excluding carboxylic acids is 1. The SMILES string of the molecule is CC(C)c1nnc(NC(=O)c2cnn(-c3cccc(Cl)c3)c2C(F)(F)F)s1. The Balaban J connectivity index is 1.98. The number of rotatable bonds is 4. The quantitative estimate of drug-likeness (QED) is 0.666. The lowest BCUT2D eigenvalue weighted by atomic mass is 10.2. The molecule has 0 aliphatic heterocycles. The molecule has 0 radical (unpaired) electrons. The lowest BCUT2D eigenvalue weighted by molar-refractivity contribution is -0.143. The van der Waals surface area contributed by atoms with Crippen LogP contribution in [0.2, 0.25) is 5.02 Å². The molecule has 27 heavy (non-hydrogen) atoms. The van der Waals surface area contributed by atoms with E-state index in [1.54, 1.807) is 0 Å². The smallest absolute Gasteiger partial charge is 0.296 e. The van der Waals surface area contributed by atoms with Gasteiger partial charge in [0, 0.05) is 10.9 Å². The van der Waals surface area contributed by atoms with Gasteiger partial charge in [0.1, 0.15) is 5.01 Å². The van der Waals surface area contributed by atoms with Crippen molar-refractivity contribution in [3.8, 4) is 5.69 Å². The summed E-state index contributed by atoms with van der Waals surface area (Å²) in [5, 5.41) is 14.8. The van der Waals surface area contributed by atoms with Gasteiger partial charge in [0.2, 0.25) is 5.13 Å². The molecule has 0 bridgehead atoms. The summed E-state index contributed by atoms with van der Waals surface area (Å²) in [6, 6.07) is 5.76. The molecular weight excluding hydrogens is 403 g/mol. The fraction of sp³-hybridized carbons (Fsp3) is 0.250. The minimum absolute atomic E-state index is 0.0875. The highest BCUT2D eigenvalue weighted by Gasteiger charge is 2.40. The molecule has 0 unspecified atom stereocenters. The summed E-state index contributed by atoms with van der Waals surface area (Å²) in [7, 11) is 0. The molecule has 2 heterocycles. The van der Waals surface area contributed by atoms with Gasteiger partial charge in [-0.2, -0.15) is 18.3 Å². The molecule has 2 aromatic heterocycles. The van der Waals surface area contributed by atoms with Crippen molar-refractivity contribution in [1.82, 2.24) is 20.0 Å². The van der Waals surface area contributed by atoms with Gasteiger partial charge in [0.15, 0.2) is 5.69 Å². The Hall–Kier alpha value is -2.46.